The summed E-state index contributed by atoms with van der Waals surface area (Å²) < 4.78 is 23.3. The summed E-state index contributed by atoms with van der Waals surface area (Å²) in [6.07, 6.45) is 5.91. The quantitative estimate of drug-likeness (QED) is 0.463. The number of imidazole rings is 2. The normalized spacial score (nSPS) is 16.1. The molecule has 1 aliphatic heterocycles. The Morgan fingerprint density at radius 1 is 1.00 bits per heavy atom. The summed E-state index contributed by atoms with van der Waals surface area (Å²) in [5.41, 5.74) is 3.82. The van der Waals surface area contributed by atoms with Gasteiger partial charge in [0.2, 0.25) is 5.95 Å². The van der Waals surface area contributed by atoms with Crippen LogP contribution in [0.4, 0.5) is 4.39 Å². The first-order valence-electron chi connectivity index (χ1n) is 9.32. The summed E-state index contributed by atoms with van der Waals surface area (Å²) in [5, 5.41) is 0. The van der Waals surface area contributed by atoms with Gasteiger partial charge >= 0.3 is 0 Å². The molecular weight excluding hydrogens is 371 g/mol. The van der Waals surface area contributed by atoms with E-state index in [-0.39, 0.29) is 11.9 Å². The molecule has 0 spiro atoms. The van der Waals surface area contributed by atoms with E-state index in [0.717, 1.165) is 23.4 Å². The van der Waals surface area contributed by atoms with Crippen molar-refractivity contribution >= 4 is 22.2 Å². The number of hydrogen-bond donors (Lipinski definition) is 0. The van der Waals surface area contributed by atoms with E-state index in [1.165, 1.54) is 12.1 Å². The van der Waals surface area contributed by atoms with Crippen molar-refractivity contribution in [1.82, 2.24) is 29.1 Å². The van der Waals surface area contributed by atoms with Gasteiger partial charge in [-0.05, 0) is 18.2 Å². The Morgan fingerprint density at radius 3 is 2.86 bits per heavy atom. The van der Waals surface area contributed by atoms with Crippen molar-refractivity contribution in [2.75, 3.05) is 6.61 Å². The highest BCUT2D eigenvalue weighted by Gasteiger charge is 2.25. The minimum Gasteiger partial charge on any atom is -0.493 e. The van der Waals surface area contributed by atoms with E-state index in [2.05, 4.69) is 25.6 Å². The Balaban J connectivity index is 1.52. The molecule has 29 heavy (non-hydrogen) atoms. The summed E-state index contributed by atoms with van der Waals surface area (Å²) >= 11 is 0. The van der Waals surface area contributed by atoms with Crippen LogP contribution in [0.15, 0.2) is 61.3 Å². The summed E-state index contributed by atoms with van der Waals surface area (Å²) in [6, 6.07) is 12.6. The smallest absolute Gasteiger partial charge is 0.237 e. The molecule has 6 rings (SSSR count). The van der Waals surface area contributed by atoms with Crippen molar-refractivity contribution in [1.29, 1.82) is 0 Å². The molecule has 0 aliphatic carbocycles. The van der Waals surface area contributed by atoms with Crippen molar-refractivity contribution in [2.45, 2.75) is 12.5 Å². The van der Waals surface area contributed by atoms with Crippen LogP contribution in [0.1, 0.15) is 18.0 Å². The van der Waals surface area contributed by atoms with E-state index >= 15 is 0 Å². The Bertz CT molecular complexity index is 1370. The van der Waals surface area contributed by atoms with E-state index in [1.54, 1.807) is 29.5 Å². The Labute approximate surface area is 164 Å². The molecule has 0 radical (unpaired) electrons. The van der Waals surface area contributed by atoms with Gasteiger partial charge in [0.15, 0.2) is 5.65 Å². The van der Waals surface area contributed by atoms with Gasteiger partial charge in [-0.25, -0.2) is 19.3 Å². The summed E-state index contributed by atoms with van der Waals surface area (Å²) in [6.45, 7) is 0.630. The molecule has 0 amide bonds. The highest BCUT2D eigenvalue weighted by Crippen LogP contribution is 2.35. The van der Waals surface area contributed by atoms with Crippen LogP contribution in [0.25, 0.3) is 28.1 Å². The standard InChI is InChI=1S/C21H15FN6O/c22-13-5-6-15-18(9-13)28(12-24-15)21-23-10-16-20(26-21)27(11-25-16)17-7-8-29-19-4-2-1-3-14(17)19/h1-6,9-12,17H,7-8H2. The van der Waals surface area contributed by atoms with Crippen molar-refractivity contribution in [3.05, 3.63) is 72.7 Å². The van der Waals surface area contributed by atoms with E-state index in [1.807, 2.05) is 18.2 Å². The van der Waals surface area contributed by atoms with Crippen LogP contribution in [0.3, 0.4) is 0 Å². The maximum atomic E-state index is 13.8. The van der Waals surface area contributed by atoms with Crippen LogP contribution in [0.5, 0.6) is 5.75 Å². The molecule has 142 valence electrons. The second-order valence-electron chi connectivity index (χ2n) is 6.97. The first kappa shape index (κ1) is 16.2. The monoisotopic (exact) mass is 386 g/mol. The van der Waals surface area contributed by atoms with Crippen molar-refractivity contribution in [3.63, 3.8) is 0 Å². The molecule has 8 heteroatoms. The number of fused-ring (bicyclic) bond motifs is 3. The highest BCUT2D eigenvalue weighted by atomic mass is 19.1. The summed E-state index contributed by atoms with van der Waals surface area (Å²) in [7, 11) is 0. The predicted molar refractivity (Wildman–Crippen MR) is 105 cm³/mol. The zero-order valence-corrected chi connectivity index (χ0v) is 15.2. The number of rotatable bonds is 2. The van der Waals surface area contributed by atoms with Crippen LogP contribution in [0.2, 0.25) is 0 Å². The molecule has 4 heterocycles. The SMILES string of the molecule is Fc1ccc2ncn(-c3ncc4ncn(C5CCOc6ccccc65)c4n3)c2c1. The molecule has 5 aromatic rings. The van der Waals surface area contributed by atoms with E-state index in [4.69, 9.17) is 9.72 Å². The Hall–Kier alpha value is -3.81. The number of para-hydroxylation sites is 1. The molecule has 0 saturated heterocycles. The Morgan fingerprint density at radius 2 is 1.90 bits per heavy atom. The highest BCUT2D eigenvalue weighted by molar-refractivity contribution is 5.77. The fraction of sp³-hybridized carbons (Fsp3) is 0.143. The first-order chi connectivity index (χ1) is 14.3. The second kappa shape index (κ2) is 6.10. The average Bonchev–Trinajstić information content (AvgIpc) is 3.36. The number of aromatic nitrogens is 6. The fourth-order valence-electron chi connectivity index (χ4n) is 3.91. The maximum absolute atomic E-state index is 13.8. The largest absolute Gasteiger partial charge is 0.493 e. The van der Waals surface area contributed by atoms with Gasteiger partial charge in [-0.1, -0.05) is 18.2 Å². The van der Waals surface area contributed by atoms with E-state index in [9.17, 15) is 4.39 Å². The molecule has 0 bridgehead atoms. The number of hydrogen-bond acceptors (Lipinski definition) is 5. The zero-order valence-electron chi connectivity index (χ0n) is 15.2. The molecule has 2 aromatic carbocycles. The molecule has 3 aromatic heterocycles. The van der Waals surface area contributed by atoms with E-state index in [0.29, 0.717) is 29.1 Å². The maximum Gasteiger partial charge on any atom is 0.237 e. The van der Waals surface area contributed by atoms with Gasteiger partial charge in [0.1, 0.15) is 23.4 Å². The van der Waals surface area contributed by atoms with Crippen LogP contribution in [0, 0.1) is 5.82 Å². The van der Waals surface area contributed by atoms with Crippen LogP contribution in [-0.2, 0) is 0 Å². The molecule has 0 fully saturated rings. The molecule has 1 atom stereocenters. The minimum absolute atomic E-state index is 0.0738. The molecule has 0 saturated carbocycles. The van der Waals surface area contributed by atoms with Crippen LogP contribution in [-0.4, -0.2) is 35.7 Å². The van der Waals surface area contributed by atoms with Crippen molar-refractivity contribution in [2.24, 2.45) is 0 Å². The zero-order chi connectivity index (χ0) is 19.4. The molecular formula is C21H15FN6O. The molecule has 7 nitrogen and oxygen atoms in total. The topological polar surface area (TPSA) is 70.7 Å². The molecule has 1 unspecified atom stereocenters. The number of nitrogens with zero attached hydrogens (tertiary/aromatic N) is 6. The lowest BCUT2D eigenvalue weighted by Gasteiger charge is -2.27. The molecule has 0 N–H and O–H groups in total. The van der Waals surface area contributed by atoms with Crippen molar-refractivity contribution < 1.29 is 9.13 Å². The first-order valence-corrected chi connectivity index (χ1v) is 9.32. The number of benzene rings is 2. The van der Waals surface area contributed by atoms with Crippen LogP contribution >= 0.6 is 0 Å². The van der Waals surface area contributed by atoms with Crippen LogP contribution < -0.4 is 4.74 Å². The summed E-state index contributed by atoms with van der Waals surface area (Å²) in [5.74, 6) is 0.979. The third kappa shape index (κ3) is 2.49. The fourth-order valence-corrected chi connectivity index (χ4v) is 3.91. The van der Waals surface area contributed by atoms with Gasteiger partial charge in [0.05, 0.1) is 36.2 Å². The number of halogens is 1. The third-order valence-corrected chi connectivity index (χ3v) is 5.29. The second-order valence-corrected chi connectivity index (χ2v) is 6.97. The van der Waals surface area contributed by atoms with Gasteiger partial charge in [-0.15, -0.1) is 0 Å². The third-order valence-electron chi connectivity index (χ3n) is 5.29. The van der Waals surface area contributed by atoms with Gasteiger partial charge in [0, 0.05) is 18.1 Å². The van der Waals surface area contributed by atoms with Gasteiger partial charge in [-0.3, -0.25) is 4.57 Å². The van der Waals surface area contributed by atoms with Gasteiger partial charge in [-0.2, -0.15) is 4.98 Å². The van der Waals surface area contributed by atoms with Gasteiger partial charge < -0.3 is 9.30 Å². The lowest BCUT2D eigenvalue weighted by Crippen LogP contribution is -2.20. The molecule has 1 aliphatic rings. The minimum atomic E-state index is -0.329. The van der Waals surface area contributed by atoms with E-state index < -0.39 is 0 Å². The summed E-state index contributed by atoms with van der Waals surface area (Å²) in [4.78, 5) is 18.0. The van der Waals surface area contributed by atoms with Crippen molar-refractivity contribution in [3.8, 4) is 11.7 Å². The number of ether oxygens (including phenoxy) is 1. The lowest BCUT2D eigenvalue weighted by atomic mass is 10.0. The Kier molecular flexibility index (Phi) is 3.40. The average molecular weight is 386 g/mol. The van der Waals surface area contributed by atoms with Gasteiger partial charge in [0.25, 0.3) is 0 Å². The predicted octanol–water partition coefficient (Wildman–Crippen LogP) is 3.68. The lowest BCUT2D eigenvalue weighted by molar-refractivity contribution is 0.257.